The Morgan fingerprint density at radius 3 is 2.56 bits per heavy atom. The van der Waals surface area contributed by atoms with Gasteiger partial charge in [-0.15, -0.1) is 0 Å². The molecule has 136 valence electrons. The maximum absolute atomic E-state index is 13.0. The van der Waals surface area contributed by atoms with E-state index in [0.717, 1.165) is 16.9 Å². The molecule has 0 atom stereocenters. The Bertz CT molecular complexity index is 1040. The third kappa shape index (κ3) is 3.49. The maximum Gasteiger partial charge on any atom is 0.232 e. The van der Waals surface area contributed by atoms with Gasteiger partial charge < -0.3 is 13.9 Å². The summed E-state index contributed by atoms with van der Waals surface area (Å²) in [5.41, 5.74) is 2.14. The lowest BCUT2D eigenvalue weighted by Crippen LogP contribution is -2.00. The highest BCUT2D eigenvalue weighted by atomic mass is 19.1. The first-order valence-electron chi connectivity index (χ1n) is 8.52. The van der Waals surface area contributed by atoms with E-state index in [1.165, 1.54) is 12.1 Å². The molecule has 4 rings (SSSR count). The zero-order valence-corrected chi connectivity index (χ0v) is 14.9. The van der Waals surface area contributed by atoms with Crippen molar-refractivity contribution in [3.63, 3.8) is 0 Å². The van der Waals surface area contributed by atoms with Crippen molar-refractivity contribution in [3.05, 3.63) is 88.3 Å². The number of aryl methyl sites for hydroxylation is 2. The fourth-order valence-corrected chi connectivity index (χ4v) is 2.97. The van der Waals surface area contributed by atoms with E-state index in [-0.39, 0.29) is 17.4 Å². The van der Waals surface area contributed by atoms with Crippen LogP contribution in [0.1, 0.15) is 33.0 Å². The number of allylic oxidation sites excluding steroid dienone is 1. The molecule has 0 radical (unpaired) electrons. The lowest BCUT2D eigenvalue weighted by Gasteiger charge is -2.09. The number of benzene rings is 2. The van der Waals surface area contributed by atoms with Crippen molar-refractivity contribution in [2.75, 3.05) is 0 Å². The number of fused-ring (bicyclic) bond motifs is 1. The average molecular weight is 364 g/mol. The second-order valence-corrected chi connectivity index (χ2v) is 6.42. The number of ketones is 1. The van der Waals surface area contributed by atoms with Crippen LogP contribution in [0.25, 0.3) is 6.08 Å². The molecule has 2 heterocycles. The number of hydrogen-bond acceptors (Lipinski definition) is 4. The molecular weight excluding hydrogens is 347 g/mol. The standard InChI is InChI=1S/C22H17FO4/c1-13-9-18(25-12-15-4-6-16(23)7-5-15)11-19-21(13)22(24)20(27-19)10-17-8-3-14(2)26-17/h3-11H,12H2,1-2H3/b20-10-. The summed E-state index contributed by atoms with van der Waals surface area (Å²) in [7, 11) is 0. The molecule has 0 unspecified atom stereocenters. The van der Waals surface area contributed by atoms with Crippen LogP contribution < -0.4 is 9.47 Å². The number of ether oxygens (including phenoxy) is 2. The molecule has 0 saturated carbocycles. The SMILES string of the molecule is Cc1ccc(/C=C2\Oc3cc(OCc4ccc(F)cc4)cc(C)c3C2=O)o1. The Morgan fingerprint density at radius 1 is 1.07 bits per heavy atom. The number of furan rings is 1. The molecule has 0 bridgehead atoms. The van der Waals surface area contributed by atoms with Gasteiger partial charge in [-0.3, -0.25) is 4.79 Å². The van der Waals surface area contributed by atoms with Gasteiger partial charge >= 0.3 is 0 Å². The summed E-state index contributed by atoms with van der Waals surface area (Å²) in [5.74, 6) is 2.12. The van der Waals surface area contributed by atoms with E-state index in [0.29, 0.717) is 29.4 Å². The number of carbonyl (C=O) groups excluding carboxylic acids is 1. The van der Waals surface area contributed by atoms with E-state index in [1.54, 1.807) is 36.4 Å². The Morgan fingerprint density at radius 2 is 1.85 bits per heavy atom. The van der Waals surface area contributed by atoms with Crippen molar-refractivity contribution in [2.24, 2.45) is 0 Å². The highest BCUT2D eigenvalue weighted by molar-refractivity contribution is 6.15. The van der Waals surface area contributed by atoms with E-state index in [9.17, 15) is 9.18 Å². The summed E-state index contributed by atoms with van der Waals surface area (Å²) < 4.78 is 30.0. The van der Waals surface area contributed by atoms with E-state index in [2.05, 4.69) is 0 Å². The molecule has 27 heavy (non-hydrogen) atoms. The van der Waals surface area contributed by atoms with Crippen molar-refractivity contribution in [2.45, 2.75) is 20.5 Å². The van der Waals surface area contributed by atoms with Gasteiger partial charge in [0.15, 0.2) is 5.76 Å². The van der Waals surface area contributed by atoms with Crippen molar-refractivity contribution >= 4 is 11.9 Å². The molecule has 0 spiro atoms. The summed E-state index contributed by atoms with van der Waals surface area (Å²) >= 11 is 0. The summed E-state index contributed by atoms with van der Waals surface area (Å²) in [5, 5.41) is 0. The van der Waals surface area contributed by atoms with Gasteiger partial charge in [-0.25, -0.2) is 4.39 Å². The monoisotopic (exact) mass is 364 g/mol. The minimum atomic E-state index is -0.287. The molecular formula is C22H17FO4. The van der Waals surface area contributed by atoms with Crippen molar-refractivity contribution in [3.8, 4) is 11.5 Å². The molecule has 0 fully saturated rings. The van der Waals surface area contributed by atoms with Crippen LogP contribution in [0.5, 0.6) is 11.5 Å². The molecule has 0 saturated heterocycles. The van der Waals surface area contributed by atoms with E-state index in [1.807, 2.05) is 19.9 Å². The number of carbonyl (C=O) groups is 1. The predicted molar refractivity (Wildman–Crippen MR) is 98.3 cm³/mol. The molecule has 1 aromatic heterocycles. The van der Waals surface area contributed by atoms with Gasteiger partial charge in [-0.05, 0) is 55.3 Å². The molecule has 2 aromatic carbocycles. The van der Waals surface area contributed by atoms with Crippen LogP contribution >= 0.6 is 0 Å². The molecule has 0 amide bonds. The van der Waals surface area contributed by atoms with Crippen LogP contribution in [-0.4, -0.2) is 5.78 Å². The van der Waals surface area contributed by atoms with E-state index in [4.69, 9.17) is 13.9 Å². The van der Waals surface area contributed by atoms with Gasteiger partial charge in [0.05, 0.1) is 5.56 Å². The largest absolute Gasteiger partial charge is 0.489 e. The topological polar surface area (TPSA) is 48.7 Å². The fourth-order valence-electron chi connectivity index (χ4n) is 2.97. The molecule has 1 aliphatic heterocycles. The number of hydrogen-bond donors (Lipinski definition) is 0. The normalized spacial score (nSPS) is 14.3. The minimum Gasteiger partial charge on any atom is -0.489 e. The summed E-state index contributed by atoms with van der Waals surface area (Å²) in [6.45, 7) is 3.97. The highest BCUT2D eigenvalue weighted by Gasteiger charge is 2.30. The summed E-state index contributed by atoms with van der Waals surface area (Å²) in [6.07, 6.45) is 1.59. The Labute approximate surface area is 155 Å². The minimum absolute atomic E-state index is 0.179. The molecule has 1 aliphatic rings. The van der Waals surface area contributed by atoms with Gasteiger partial charge in [0.1, 0.15) is 35.4 Å². The first kappa shape index (κ1) is 17.1. The third-order valence-electron chi connectivity index (χ3n) is 4.30. The Balaban J connectivity index is 1.56. The number of rotatable bonds is 4. The Hall–Kier alpha value is -3.34. The quantitative estimate of drug-likeness (QED) is 0.595. The molecule has 3 aromatic rings. The third-order valence-corrected chi connectivity index (χ3v) is 4.30. The van der Waals surface area contributed by atoms with Crippen molar-refractivity contribution < 1.29 is 23.1 Å². The second kappa shape index (κ2) is 6.76. The van der Waals surface area contributed by atoms with Crippen LogP contribution in [-0.2, 0) is 6.61 Å². The zero-order valence-electron chi connectivity index (χ0n) is 14.9. The van der Waals surface area contributed by atoms with E-state index < -0.39 is 0 Å². The van der Waals surface area contributed by atoms with Crippen LogP contribution in [0.15, 0.2) is 58.7 Å². The van der Waals surface area contributed by atoms with Crippen LogP contribution in [0, 0.1) is 19.7 Å². The van der Waals surface area contributed by atoms with Crippen LogP contribution in [0.3, 0.4) is 0 Å². The van der Waals surface area contributed by atoms with Gasteiger partial charge in [0.25, 0.3) is 0 Å². The van der Waals surface area contributed by atoms with Crippen LogP contribution in [0.4, 0.5) is 4.39 Å². The first-order valence-corrected chi connectivity index (χ1v) is 8.52. The smallest absolute Gasteiger partial charge is 0.232 e. The van der Waals surface area contributed by atoms with E-state index >= 15 is 0 Å². The van der Waals surface area contributed by atoms with Gasteiger partial charge in [-0.2, -0.15) is 0 Å². The number of Topliss-reactive ketones (excluding diaryl/α,β-unsaturated/α-hetero) is 1. The van der Waals surface area contributed by atoms with Gasteiger partial charge in [0.2, 0.25) is 5.78 Å². The zero-order chi connectivity index (χ0) is 19.0. The summed E-state index contributed by atoms with van der Waals surface area (Å²) in [4.78, 5) is 12.6. The molecule has 0 aliphatic carbocycles. The predicted octanol–water partition coefficient (Wildman–Crippen LogP) is 5.23. The molecule has 4 nitrogen and oxygen atoms in total. The lowest BCUT2D eigenvalue weighted by atomic mass is 10.0. The number of halogens is 1. The highest BCUT2D eigenvalue weighted by Crippen LogP contribution is 2.37. The summed E-state index contributed by atoms with van der Waals surface area (Å²) in [6, 6.07) is 13.2. The maximum atomic E-state index is 13.0. The van der Waals surface area contributed by atoms with Crippen molar-refractivity contribution in [1.29, 1.82) is 0 Å². The first-order chi connectivity index (χ1) is 13.0. The average Bonchev–Trinajstić information content (AvgIpc) is 3.18. The van der Waals surface area contributed by atoms with Gasteiger partial charge in [-0.1, -0.05) is 12.1 Å². The Kier molecular flexibility index (Phi) is 4.28. The molecule has 0 N–H and O–H groups in total. The fraction of sp³-hybridized carbons (Fsp3) is 0.136. The van der Waals surface area contributed by atoms with Gasteiger partial charge in [0, 0.05) is 12.1 Å². The second-order valence-electron chi connectivity index (χ2n) is 6.42. The lowest BCUT2D eigenvalue weighted by molar-refractivity contribution is 0.101. The van der Waals surface area contributed by atoms with Crippen LogP contribution in [0.2, 0.25) is 0 Å². The molecule has 5 heteroatoms. The van der Waals surface area contributed by atoms with Crippen molar-refractivity contribution in [1.82, 2.24) is 0 Å².